The van der Waals surface area contributed by atoms with Crippen molar-refractivity contribution in [3.63, 3.8) is 0 Å². The number of nitrogens with one attached hydrogen (secondary N) is 1. The number of ether oxygens (including phenoxy) is 1. The van der Waals surface area contributed by atoms with Crippen molar-refractivity contribution in [3.05, 3.63) is 35.9 Å². The second-order valence-electron chi connectivity index (χ2n) is 5.31. The summed E-state index contributed by atoms with van der Waals surface area (Å²) in [5.41, 5.74) is 0.545. The van der Waals surface area contributed by atoms with Gasteiger partial charge in [-0.2, -0.15) is 11.8 Å². The first-order valence-corrected chi connectivity index (χ1v) is 8.84. The predicted octanol–water partition coefficient (Wildman–Crippen LogP) is 3.27. The second-order valence-corrected chi connectivity index (χ2v) is 6.46. The molecule has 0 aliphatic rings. The summed E-state index contributed by atoms with van der Waals surface area (Å²) in [6.45, 7) is 5.73. The maximum Gasteiger partial charge on any atom is 0.329 e. The van der Waals surface area contributed by atoms with Crippen molar-refractivity contribution in [2.45, 2.75) is 45.8 Å². The molecule has 4 nitrogen and oxygen atoms in total. The van der Waals surface area contributed by atoms with E-state index in [2.05, 4.69) is 12.2 Å². The first-order chi connectivity index (χ1) is 10.5. The van der Waals surface area contributed by atoms with Gasteiger partial charge in [-0.3, -0.25) is 4.79 Å². The highest BCUT2D eigenvalue weighted by Gasteiger charge is 2.23. The normalized spacial score (nSPS) is 12.0. The van der Waals surface area contributed by atoms with Crippen LogP contribution >= 0.6 is 11.8 Å². The molecule has 5 heteroatoms. The summed E-state index contributed by atoms with van der Waals surface area (Å²) < 4.78 is 5.24. The van der Waals surface area contributed by atoms with E-state index in [4.69, 9.17) is 4.74 Å². The number of thioether (sulfide) groups is 1. The molecule has 1 aromatic rings. The van der Waals surface area contributed by atoms with E-state index in [0.717, 1.165) is 18.6 Å². The van der Waals surface area contributed by atoms with Gasteiger partial charge in [-0.15, -0.1) is 0 Å². The molecule has 1 amide bonds. The molecule has 0 unspecified atom stereocenters. The quantitative estimate of drug-likeness (QED) is 0.560. The summed E-state index contributed by atoms with van der Waals surface area (Å²) >= 11 is 1.66. The van der Waals surface area contributed by atoms with Gasteiger partial charge >= 0.3 is 5.97 Å². The molecule has 0 aliphatic heterocycles. The summed E-state index contributed by atoms with van der Waals surface area (Å²) in [7, 11) is 0. The maximum atomic E-state index is 12.2. The lowest BCUT2D eigenvalue weighted by Crippen LogP contribution is -2.44. The number of unbranched alkanes of at least 4 members (excludes halogenated alkanes) is 1. The number of amides is 1. The maximum absolute atomic E-state index is 12.2. The zero-order valence-corrected chi connectivity index (χ0v) is 14.3. The molecule has 0 spiro atoms. The number of rotatable bonds is 9. The standard InChI is InChI=1S/C17H25NO3S/c1-4-5-11-22-12-15(17(20)21-13(2)3)18-16(19)14-9-7-6-8-10-14/h6-10,13,15H,4-5,11-12H2,1-3H3,(H,18,19)/t15-/m0/s1. The summed E-state index contributed by atoms with van der Waals surface area (Å²) in [5.74, 6) is 0.887. The Bertz CT molecular complexity index is 462. The number of benzene rings is 1. The van der Waals surface area contributed by atoms with E-state index in [-0.39, 0.29) is 18.0 Å². The average molecular weight is 323 g/mol. The van der Waals surface area contributed by atoms with Crippen LogP contribution < -0.4 is 5.32 Å². The third-order valence-electron chi connectivity index (χ3n) is 2.90. The van der Waals surface area contributed by atoms with E-state index in [1.165, 1.54) is 0 Å². The van der Waals surface area contributed by atoms with Crippen LogP contribution in [0.2, 0.25) is 0 Å². The average Bonchev–Trinajstić information content (AvgIpc) is 2.50. The molecule has 0 aliphatic carbocycles. The van der Waals surface area contributed by atoms with Crippen molar-refractivity contribution in [3.8, 4) is 0 Å². The van der Waals surface area contributed by atoms with Crippen molar-refractivity contribution in [2.75, 3.05) is 11.5 Å². The van der Waals surface area contributed by atoms with Gasteiger partial charge in [-0.1, -0.05) is 31.5 Å². The molecule has 0 saturated heterocycles. The molecule has 0 aromatic heterocycles. The van der Waals surface area contributed by atoms with Crippen LogP contribution in [0, 0.1) is 0 Å². The Balaban J connectivity index is 2.63. The third-order valence-corrected chi connectivity index (χ3v) is 4.05. The first-order valence-electron chi connectivity index (χ1n) is 7.68. The smallest absolute Gasteiger partial charge is 0.329 e. The minimum atomic E-state index is -0.614. The topological polar surface area (TPSA) is 55.4 Å². The van der Waals surface area contributed by atoms with Crippen molar-refractivity contribution >= 4 is 23.6 Å². The first kappa shape index (κ1) is 18.6. The van der Waals surface area contributed by atoms with Crippen LogP contribution in [0.3, 0.4) is 0 Å². The number of carbonyl (C=O) groups is 2. The van der Waals surface area contributed by atoms with E-state index in [0.29, 0.717) is 11.3 Å². The number of hydrogen-bond acceptors (Lipinski definition) is 4. The van der Waals surface area contributed by atoms with Crippen molar-refractivity contribution in [1.82, 2.24) is 5.32 Å². The van der Waals surface area contributed by atoms with Gasteiger partial charge in [0, 0.05) is 11.3 Å². The zero-order valence-electron chi connectivity index (χ0n) is 13.5. The molecule has 122 valence electrons. The summed E-state index contributed by atoms with van der Waals surface area (Å²) in [4.78, 5) is 24.3. The summed E-state index contributed by atoms with van der Waals surface area (Å²) in [6.07, 6.45) is 2.03. The van der Waals surface area contributed by atoms with Gasteiger partial charge in [-0.05, 0) is 38.2 Å². The summed E-state index contributed by atoms with van der Waals surface area (Å²) in [6, 6.07) is 8.28. The molecule has 1 N–H and O–H groups in total. The second kappa shape index (κ2) is 10.3. The van der Waals surface area contributed by atoms with Crippen LogP contribution in [-0.4, -0.2) is 35.5 Å². The number of carbonyl (C=O) groups excluding carboxylic acids is 2. The lowest BCUT2D eigenvalue weighted by atomic mass is 10.2. The highest BCUT2D eigenvalue weighted by molar-refractivity contribution is 7.99. The van der Waals surface area contributed by atoms with Gasteiger partial charge in [0.15, 0.2) is 0 Å². The van der Waals surface area contributed by atoms with Crippen molar-refractivity contribution in [1.29, 1.82) is 0 Å². The van der Waals surface area contributed by atoms with Gasteiger partial charge in [0.1, 0.15) is 6.04 Å². The molecular weight excluding hydrogens is 298 g/mol. The van der Waals surface area contributed by atoms with Crippen LogP contribution in [0.15, 0.2) is 30.3 Å². The molecule has 1 atom stereocenters. The molecule has 1 rings (SSSR count). The van der Waals surface area contributed by atoms with Crippen molar-refractivity contribution in [2.24, 2.45) is 0 Å². The minimum Gasteiger partial charge on any atom is -0.461 e. The molecule has 0 heterocycles. The fourth-order valence-electron chi connectivity index (χ4n) is 1.76. The Morgan fingerprint density at radius 3 is 2.50 bits per heavy atom. The minimum absolute atomic E-state index is 0.190. The van der Waals surface area contributed by atoms with Gasteiger partial charge < -0.3 is 10.1 Å². The Morgan fingerprint density at radius 2 is 1.91 bits per heavy atom. The lowest BCUT2D eigenvalue weighted by Gasteiger charge is -2.19. The van der Waals surface area contributed by atoms with Gasteiger partial charge in [-0.25, -0.2) is 4.79 Å². The Labute approximate surface area is 137 Å². The Morgan fingerprint density at radius 1 is 1.23 bits per heavy atom. The fraction of sp³-hybridized carbons (Fsp3) is 0.529. The van der Waals surface area contributed by atoms with Gasteiger partial charge in [0.25, 0.3) is 5.91 Å². The lowest BCUT2D eigenvalue weighted by molar-refractivity contribution is -0.149. The SMILES string of the molecule is CCCCSC[C@H](NC(=O)c1ccccc1)C(=O)OC(C)C. The van der Waals surface area contributed by atoms with Crippen LogP contribution in [0.1, 0.15) is 44.0 Å². The largest absolute Gasteiger partial charge is 0.461 e. The molecule has 0 saturated carbocycles. The van der Waals surface area contributed by atoms with Crippen LogP contribution in [-0.2, 0) is 9.53 Å². The third kappa shape index (κ3) is 6.98. The van der Waals surface area contributed by atoms with E-state index in [1.54, 1.807) is 49.9 Å². The molecule has 22 heavy (non-hydrogen) atoms. The molecular formula is C17H25NO3S. The van der Waals surface area contributed by atoms with E-state index in [9.17, 15) is 9.59 Å². The molecule has 0 radical (unpaired) electrons. The number of esters is 1. The molecule has 1 aromatic carbocycles. The van der Waals surface area contributed by atoms with Crippen LogP contribution in [0.4, 0.5) is 0 Å². The Kier molecular flexibility index (Phi) is 8.67. The predicted molar refractivity (Wildman–Crippen MR) is 91.2 cm³/mol. The summed E-state index contributed by atoms with van der Waals surface area (Å²) in [5, 5.41) is 2.78. The monoisotopic (exact) mass is 323 g/mol. The molecule has 0 fully saturated rings. The van der Waals surface area contributed by atoms with E-state index >= 15 is 0 Å². The van der Waals surface area contributed by atoms with Crippen molar-refractivity contribution < 1.29 is 14.3 Å². The van der Waals surface area contributed by atoms with Crippen LogP contribution in [0.25, 0.3) is 0 Å². The van der Waals surface area contributed by atoms with Gasteiger partial charge in [0.2, 0.25) is 0 Å². The van der Waals surface area contributed by atoms with Crippen LogP contribution in [0.5, 0.6) is 0 Å². The van der Waals surface area contributed by atoms with E-state index in [1.807, 2.05) is 6.07 Å². The molecule has 0 bridgehead atoms. The Hall–Kier alpha value is -1.49. The fourth-order valence-corrected chi connectivity index (χ4v) is 2.88. The number of hydrogen-bond donors (Lipinski definition) is 1. The van der Waals surface area contributed by atoms with E-state index < -0.39 is 6.04 Å². The highest BCUT2D eigenvalue weighted by atomic mass is 32.2. The van der Waals surface area contributed by atoms with Gasteiger partial charge in [0.05, 0.1) is 6.10 Å². The highest BCUT2D eigenvalue weighted by Crippen LogP contribution is 2.09. The zero-order chi connectivity index (χ0) is 16.4.